The van der Waals surface area contributed by atoms with Crippen LogP contribution in [-0.4, -0.2) is 42.5 Å². The van der Waals surface area contributed by atoms with Gasteiger partial charge in [0.25, 0.3) is 0 Å². The Morgan fingerprint density at radius 1 is 1.41 bits per heavy atom. The average molecular weight is 258 g/mol. The monoisotopic (exact) mass is 258 g/mol. The predicted molar refractivity (Wildman–Crippen MR) is 66.4 cm³/mol. The zero-order valence-corrected chi connectivity index (χ0v) is 11.2. The van der Waals surface area contributed by atoms with Crippen molar-refractivity contribution < 1.29 is 8.42 Å². The number of hydrogen-bond donors (Lipinski definition) is 1. The molecule has 0 unspecified atom stereocenters. The van der Waals surface area contributed by atoms with Crippen LogP contribution in [0.25, 0.3) is 0 Å². The molecule has 0 saturated heterocycles. The van der Waals surface area contributed by atoms with E-state index in [0.717, 1.165) is 37.1 Å². The molecule has 2 rings (SSSR count). The minimum Gasteiger partial charge on any atom is -0.369 e. The van der Waals surface area contributed by atoms with E-state index in [-0.39, 0.29) is 0 Å². The van der Waals surface area contributed by atoms with Crippen molar-refractivity contribution in [2.45, 2.75) is 26.2 Å². The second-order valence-electron chi connectivity index (χ2n) is 4.29. The van der Waals surface area contributed by atoms with Gasteiger partial charge < -0.3 is 5.32 Å². The molecule has 1 heterocycles. The Hall–Kier alpha value is -1.08. The van der Waals surface area contributed by atoms with Crippen LogP contribution in [-0.2, 0) is 23.1 Å². The van der Waals surface area contributed by atoms with E-state index in [4.69, 9.17) is 0 Å². The molecule has 1 N–H and O–H groups in total. The molecule has 0 bridgehead atoms. The number of anilines is 1. The second-order valence-corrected chi connectivity index (χ2v) is 6.26. The van der Waals surface area contributed by atoms with E-state index in [1.807, 2.05) is 6.92 Å². The lowest BCUT2D eigenvalue weighted by Gasteiger charge is -2.12. The number of aromatic nitrogens is 2. The first-order valence-electron chi connectivity index (χ1n) is 5.76. The fourth-order valence-electron chi connectivity index (χ4n) is 2.06. The number of rotatable bonds is 4. The van der Waals surface area contributed by atoms with Crippen LogP contribution < -0.4 is 5.32 Å². The molecule has 17 heavy (non-hydrogen) atoms. The molecule has 1 aliphatic rings. The third-order valence-electron chi connectivity index (χ3n) is 2.92. The van der Waals surface area contributed by atoms with Crippen LogP contribution in [0.5, 0.6) is 0 Å². The van der Waals surface area contributed by atoms with Crippen molar-refractivity contribution in [2.24, 2.45) is 0 Å². The molecule has 0 fully saturated rings. The maximum atomic E-state index is 12.1. The fourth-order valence-corrected chi connectivity index (χ4v) is 3.03. The lowest BCUT2D eigenvalue weighted by atomic mass is 10.2. The zero-order valence-electron chi connectivity index (χ0n) is 10.4. The van der Waals surface area contributed by atoms with Gasteiger partial charge in [-0.05, 0) is 26.2 Å². The number of nitrogens with zero attached hydrogens (tertiary/aromatic N) is 3. The topological polar surface area (TPSA) is 67.2 Å². The van der Waals surface area contributed by atoms with Gasteiger partial charge in [0.15, 0.2) is 5.82 Å². The van der Waals surface area contributed by atoms with Crippen molar-refractivity contribution in [3.63, 3.8) is 0 Å². The molecule has 0 aromatic carbocycles. The molecule has 0 atom stereocenters. The Morgan fingerprint density at radius 3 is 2.71 bits per heavy atom. The van der Waals surface area contributed by atoms with Gasteiger partial charge in [0.2, 0.25) is 0 Å². The molecular weight excluding hydrogens is 240 g/mol. The van der Waals surface area contributed by atoms with Crippen molar-refractivity contribution in [1.82, 2.24) is 13.5 Å². The largest absolute Gasteiger partial charge is 0.369 e. The quantitative estimate of drug-likeness (QED) is 0.852. The third-order valence-corrected chi connectivity index (χ3v) is 4.58. The Kier molecular flexibility index (Phi) is 3.13. The van der Waals surface area contributed by atoms with Crippen LogP contribution in [0.15, 0.2) is 0 Å². The first-order chi connectivity index (χ1) is 7.98. The van der Waals surface area contributed by atoms with Gasteiger partial charge >= 0.3 is 10.2 Å². The Morgan fingerprint density at radius 2 is 2.12 bits per heavy atom. The highest BCUT2D eigenvalue weighted by Crippen LogP contribution is 2.29. The highest BCUT2D eigenvalue weighted by atomic mass is 32.2. The van der Waals surface area contributed by atoms with Gasteiger partial charge in [-0.3, -0.25) is 0 Å². The molecule has 1 aromatic rings. The summed E-state index contributed by atoms with van der Waals surface area (Å²) in [6.45, 7) is 2.71. The van der Waals surface area contributed by atoms with Gasteiger partial charge in [0.1, 0.15) is 0 Å². The van der Waals surface area contributed by atoms with E-state index in [9.17, 15) is 8.42 Å². The number of hydrogen-bond acceptors (Lipinski definition) is 4. The zero-order chi connectivity index (χ0) is 12.6. The normalized spacial score (nSPS) is 15.3. The summed E-state index contributed by atoms with van der Waals surface area (Å²) in [5.74, 6) is 0.713. The van der Waals surface area contributed by atoms with Crippen LogP contribution in [0.1, 0.15) is 24.6 Å². The van der Waals surface area contributed by atoms with E-state index in [1.54, 1.807) is 0 Å². The highest BCUT2D eigenvalue weighted by Gasteiger charge is 2.29. The summed E-state index contributed by atoms with van der Waals surface area (Å²) >= 11 is 0. The Labute approximate surface area is 102 Å². The third kappa shape index (κ3) is 1.93. The maximum Gasteiger partial charge on any atom is 0.322 e. The van der Waals surface area contributed by atoms with Gasteiger partial charge in [-0.25, -0.2) is 0 Å². The van der Waals surface area contributed by atoms with Crippen molar-refractivity contribution >= 4 is 16.0 Å². The van der Waals surface area contributed by atoms with E-state index < -0.39 is 10.2 Å². The van der Waals surface area contributed by atoms with Crippen molar-refractivity contribution in [3.8, 4) is 0 Å². The molecule has 0 aliphatic heterocycles. The molecule has 0 spiro atoms. The average Bonchev–Trinajstić information content (AvgIpc) is 2.81. The van der Waals surface area contributed by atoms with Gasteiger partial charge in [-0.15, -0.1) is 9.19 Å². The molecule has 1 aliphatic carbocycles. The smallest absolute Gasteiger partial charge is 0.322 e. The van der Waals surface area contributed by atoms with Crippen LogP contribution in [0, 0.1) is 0 Å². The van der Waals surface area contributed by atoms with E-state index >= 15 is 0 Å². The van der Waals surface area contributed by atoms with E-state index in [2.05, 4.69) is 10.4 Å². The first-order valence-corrected chi connectivity index (χ1v) is 7.15. The Balaban J connectivity index is 2.53. The minimum atomic E-state index is -3.50. The van der Waals surface area contributed by atoms with Crippen LogP contribution in [0.3, 0.4) is 0 Å². The number of nitrogens with one attached hydrogen (secondary N) is 1. The fraction of sp³-hybridized carbons (Fsp3) is 0.700. The highest BCUT2D eigenvalue weighted by molar-refractivity contribution is 7.87. The van der Waals surface area contributed by atoms with Crippen LogP contribution in [0.2, 0.25) is 0 Å². The summed E-state index contributed by atoms with van der Waals surface area (Å²) in [6.07, 6.45) is 2.68. The molecule has 1 aromatic heterocycles. The van der Waals surface area contributed by atoms with Crippen LogP contribution in [0.4, 0.5) is 5.82 Å². The van der Waals surface area contributed by atoms with Crippen molar-refractivity contribution in [3.05, 3.63) is 11.3 Å². The summed E-state index contributed by atoms with van der Waals surface area (Å²) in [5.41, 5.74) is 1.88. The van der Waals surface area contributed by atoms with Gasteiger partial charge in [-0.1, -0.05) is 0 Å². The minimum absolute atomic E-state index is 0.713. The lowest BCUT2D eigenvalue weighted by molar-refractivity contribution is 0.501. The van der Waals surface area contributed by atoms with Crippen LogP contribution >= 0.6 is 0 Å². The Bertz CT molecular complexity index is 519. The molecule has 0 amide bonds. The van der Waals surface area contributed by atoms with Gasteiger partial charge in [-0.2, -0.15) is 12.7 Å². The van der Waals surface area contributed by atoms with E-state index in [1.165, 1.54) is 22.5 Å². The predicted octanol–water partition coefficient (Wildman–Crippen LogP) is 0.458. The lowest BCUT2D eigenvalue weighted by Crippen LogP contribution is -2.30. The van der Waals surface area contributed by atoms with Gasteiger partial charge in [0.05, 0.1) is 5.69 Å². The first kappa shape index (κ1) is 12.4. The summed E-state index contributed by atoms with van der Waals surface area (Å²) in [6, 6.07) is 0. The van der Waals surface area contributed by atoms with E-state index in [0.29, 0.717) is 5.82 Å². The molecular formula is C10H18N4O2S. The second kappa shape index (κ2) is 4.30. The summed E-state index contributed by atoms with van der Waals surface area (Å²) in [7, 11) is -0.462. The van der Waals surface area contributed by atoms with Crippen molar-refractivity contribution in [1.29, 1.82) is 0 Å². The molecule has 7 heteroatoms. The summed E-state index contributed by atoms with van der Waals surface area (Å²) in [5, 5.41) is 7.31. The molecule has 96 valence electrons. The molecule has 6 nitrogen and oxygen atoms in total. The van der Waals surface area contributed by atoms with Gasteiger partial charge in [0, 0.05) is 26.2 Å². The molecule has 0 saturated carbocycles. The standard InChI is InChI=1S/C10H18N4O2S/c1-4-11-10-8-6-5-7-9(8)14(12-10)17(15,16)13(2)3/h4-7H2,1-3H3,(H,11,12). The summed E-state index contributed by atoms with van der Waals surface area (Å²) in [4.78, 5) is 0. The SMILES string of the molecule is CCNc1nn(S(=O)(=O)N(C)C)c2c1CCC2. The maximum absolute atomic E-state index is 12.1. The number of fused-ring (bicyclic) bond motifs is 1. The van der Waals surface area contributed by atoms with Crippen molar-refractivity contribution in [2.75, 3.05) is 26.0 Å². The summed E-state index contributed by atoms with van der Waals surface area (Å²) < 4.78 is 26.6. The molecule has 0 radical (unpaired) electrons.